The van der Waals surface area contributed by atoms with E-state index in [-0.39, 0.29) is 10.8 Å². The van der Waals surface area contributed by atoms with Gasteiger partial charge in [-0.2, -0.15) is 0 Å². The second-order valence-corrected chi connectivity index (χ2v) is 13.0. The first kappa shape index (κ1) is 23.1. The number of para-hydroxylation sites is 1. The molecule has 0 bridgehead atoms. The molecule has 1 aromatic heterocycles. The zero-order chi connectivity index (χ0) is 27.7. The Morgan fingerprint density at radius 3 is 1.93 bits per heavy atom. The van der Waals surface area contributed by atoms with Crippen LogP contribution in [-0.2, 0) is 10.8 Å². The minimum Gasteiger partial charge on any atom is -0.309 e. The van der Waals surface area contributed by atoms with Crippen molar-refractivity contribution in [2.24, 2.45) is 0 Å². The van der Waals surface area contributed by atoms with Crippen LogP contribution >= 0.6 is 0 Å². The largest absolute Gasteiger partial charge is 0.309 e. The predicted molar refractivity (Wildman–Crippen MR) is 173 cm³/mol. The maximum atomic E-state index is 2.48. The van der Waals surface area contributed by atoms with Crippen molar-refractivity contribution >= 4 is 32.6 Å². The molecule has 0 aliphatic heterocycles. The molecular formula is C40H31N. The van der Waals surface area contributed by atoms with Gasteiger partial charge in [-0.15, -0.1) is 0 Å². The van der Waals surface area contributed by atoms with Crippen LogP contribution in [0.4, 0.5) is 0 Å². The Morgan fingerprint density at radius 2 is 1.10 bits per heavy atom. The highest BCUT2D eigenvalue weighted by atomic mass is 15.0. The summed E-state index contributed by atoms with van der Waals surface area (Å²) >= 11 is 0. The topological polar surface area (TPSA) is 4.93 Å². The van der Waals surface area contributed by atoms with Crippen LogP contribution in [0.3, 0.4) is 0 Å². The summed E-state index contributed by atoms with van der Waals surface area (Å²) in [6.45, 7) is 9.45. The van der Waals surface area contributed by atoms with Gasteiger partial charge in [0.1, 0.15) is 0 Å². The number of hydrogen-bond acceptors (Lipinski definition) is 0. The summed E-state index contributed by atoms with van der Waals surface area (Å²) in [7, 11) is 0. The Morgan fingerprint density at radius 1 is 0.439 bits per heavy atom. The van der Waals surface area contributed by atoms with Crippen molar-refractivity contribution in [3.63, 3.8) is 0 Å². The van der Waals surface area contributed by atoms with Crippen molar-refractivity contribution in [1.82, 2.24) is 4.57 Å². The third-order valence-corrected chi connectivity index (χ3v) is 10.2. The Kier molecular flexibility index (Phi) is 4.26. The Bertz CT molecular complexity index is 2260. The maximum absolute atomic E-state index is 2.48. The Labute approximate surface area is 240 Å². The van der Waals surface area contributed by atoms with E-state index < -0.39 is 0 Å². The van der Waals surface area contributed by atoms with E-state index in [1.165, 1.54) is 82.8 Å². The van der Waals surface area contributed by atoms with Gasteiger partial charge in [-0.25, -0.2) is 0 Å². The molecule has 1 heterocycles. The van der Waals surface area contributed by atoms with E-state index in [2.05, 4.69) is 148 Å². The highest BCUT2D eigenvalue weighted by Crippen LogP contribution is 2.52. The summed E-state index contributed by atoms with van der Waals surface area (Å²) in [5, 5.41) is 5.26. The maximum Gasteiger partial charge on any atom is 0.0547 e. The molecule has 0 fully saturated rings. The first-order chi connectivity index (χ1) is 19.9. The molecule has 2 aliphatic rings. The minimum atomic E-state index is -0.0336. The molecule has 7 aromatic rings. The quantitative estimate of drug-likeness (QED) is 0.201. The van der Waals surface area contributed by atoms with Gasteiger partial charge in [-0.3, -0.25) is 0 Å². The number of fused-ring (bicyclic) bond motifs is 11. The fourth-order valence-corrected chi connectivity index (χ4v) is 8.10. The summed E-state index contributed by atoms with van der Waals surface area (Å²) in [4.78, 5) is 0. The van der Waals surface area contributed by atoms with E-state index in [9.17, 15) is 0 Å². The third-order valence-electron chi connectivity index (χ3n) is 10.2. The molecule has 0 amide bonds. The smallest absolute Gasteiger partial charge is 0.0547 e. The van der Waals surface area contributed by atoms with E-state index in [1.807, 2.05) is 0 Å². The van der Waals surface area contributed by atoms with Crippen LogP contribution in [-0.4, -0.2) is 4.57 Å². The molecule has 41 heavy (non-hydrogen) atoms. The normalized spacial score (nSPS) is 15.7. The monoisotopic (exact) mass is 525 g/mol. The van der Waals surface area contributed by atoms with Crippen LogP contribution in [0.15, 0.2) is 115 Å². The fourth-order valence-electron chi connectivity index (χ4n) is 8.10. The summed E-state index contributed by atoms with van der Waals surface area (Å²) in [6.07, 6.45) is 0. The van der Waals surface area contributed by atoms with Gasteiger partial charge >= 0.3 is 0 Å². The van der Waals surface area contributed by atoms with Crippen molar-refractivity contribution in [2.45, 2.75) is 38.5 Å². The zero-order valence-corrected chi connectivity index (χ0v) is 23.9. The average Bonchev–Trinajstić information content (AvgIpc) is 3.53. The third kappa shape index (κ3) is 2.81. The van der Waals surface area contributed by atoms with E-state index in [0.717, 1.165) is 0 Å². The molecule has 0 saturated heterocycles. The first-order valence-electron chi connectivity index (χ1n) is 14.7. The van der Waals surface area contributed by atoms with Crippen molar-refractivity contribution in [2.75, 3.05) is 0 Å². The van der Waals surface area contributed by atoms with Gasteiger partial charge in [0.15, 0.2) is 0 Å². The lowest BCUT2D eigenvalue weighted by atomic mass is 9.82. The number of nitrogens with zero attached hydrogens (tertiary/aromatic N) is 1. The van der Waals surface area contributed by atoms with Crippen molar-refractivity contribution in [3.05, 3.63) is 138 Å². The lowest BCUT2D eigenvalue weighted by molar-refractivity contribution is 0.660. The van der Waals surface area contributed by atoms with Crippen molar-refractivity contribution in [1.29, 1.82) is 0 Å². The molecule has 1 nitrogen and oxygen atoms in total. The number of rotatable bonds is 1. The van der Waals surface area contributed by atoms with Crippen LogP contribution < -0.4 is 0 Å². The molecule has 0 radical (unpaired) electrons. The standard InChI is InChI=1S/C40H31N/c1-39(2)33-15-9-6-13-29(33)38-30-23-31-28-12-7-10-16-36(28)41(37(31)21-24(30)17-20-34(38)39)25-18-19-27-26-11-5-8-14-32(26)40(3,4)35(27)22-25/h5-23H,1-4H3. The average molecular weight is 526 g/mol. The molecule has 2 aliphatic carbocycles. The Hall–Kier alpha value is -4.62. The van der Waals surface area contributed by atoms with Crippen molar-refractivity contribution < 1.29 is 0 Å². The van der Waals surface area contributed by atoms with Crippen LogP contribution in [0.2, 0.25) is 0 Å². The molecule has 196 valence electrons. The minimum absolute atomic E-state index is 0.00211. The van der Waals surface area contributed by atoms with Crippen molar-refractivity contribution in [3.8, 4) is 27.9 Å². The van der Waals surface area contributed by atoms with Gasteiger partial charge in [-0.1, -0.05) is 113 Å². The van der Waals surface area contributed by atoms with Crippen LogP contribution in [0.25, 0.3) is 60.5 Å². The lowest BCUT2D eigenvalue weighted by Gasteiger charge is -2.22. The zero-order valence-electron chi connectivity index (χ0n) is 23.9. The molecule has 0 saturated carbocycles. The van der Waals surface area contributed by atoms with Gasteiger partial charge in [0, 0.05) is 27.3 Å². The van der Waals surface area contributed by atoms with Crippen LogP contribution in [0.5, 0.6) is 0 Å². The SMILES string of the molecule is CC1(C)c2ccccc2-c2ccc(-n3c4ccccc4c4cc5c6c(ccc5cc43)C(C)(C)c3ccccc3-6)cc21. The van der Waals surface area contributed by atoms with Gasteiger partial charge in [-0.05, 0) is 85.6 Å². The van der Waals surface area contributed by atoms with Gasteiger partial charge in [0.25, 0.3) is 0 Å². The fraction of sp³-hybridized carbons (Fsp3) is 0.150. The van der Waals surface area contributed by atoms with E-state index in [1.54, 1.807) is 0 Å². The molecule has 6 aromatic carbocycles. The van der Waals surface area contributed by atoms with Gasteiger partial charge in [0.05, 0.1) is 11.0 Å². The Balaban J connectivity index is 1.35. The molecule has 0 N–H and O–H groups in total. The molecule has 0 atom stereocenters. The molecule has 9 rings (SSSR count). The molecular weight excluding hydrogens is 494 g/mol. The molecule has 0 spiro atoms. The molecule has 1 heteroatoms. The van der Waals surface area contributed by atoms with Crippen LogP contribution in [0.1, 0.15) is 49.9 Å². The number of hydrogen-bond donors (Lipinski definition) is 0. The lowest BCUT2D eigenvalue weighted by Crippen LogP contribution is -2.15. The van der Waals surface area contributed by atoms with E-state index in [0.29, 0.717) is 0 Å². The van der Waals surface area contributed by atoms with Gasteiger partial charge < -0.3 is 4.57 Å². The van der Waals surface area contributed by atoms with E-state index in [4.69, 9.17) is 0 Å². The highest BCUT2D eigenvalue weighted by molar-refractivity contribution is 6.16. The summed E-state index contributed by atoms with van der Waals surface area (Å²) in [5.41, 5.74) is 14.9. The number of benzene rings is 6. The van der Waals surface area contributed by atoms with Crippen LogP contribution in [0, 0.1) is 0 Å². The highest BCUT2D eigenvalue weighted by Gasteiger charge is 2.37. The summed E-state index contributed by atoms with van der Waals surface area (Å²) in [5.74, 6) is 0. The van der Waals surface area contributed by atoms with Gasteiger partial charge in [0.2, 0.25) is 0 Å². The second-order valence-electron chi connectivity index (χ2n) is 13.0. The second kappa shape index (κ2) is 7.56. The summed E-state index contributed by atoms with van der Waals surface area (Å²) in [6, 6.07) is 43.4. The van der Waals surface area contributed by atoms with E-state index >= 15 is 0 Å². The molecule has 0 unspecified atom stereocenters. The first-order valence-corrected chi connectivity index (χ1v) is 14.7. The predicted octanol–water partition coefficient (Wildman–Crippen LogP) is 10.5. The number of aromatic nitrogens is 1. The summed E-state index contributed by atoms with van der Waals surface area (Å²) < 4.78 is 2.48.